The molecule has 0 unspecified atom stereocenters. The first-order valence-corrected chi connectivity index (χ1v) is 8.02. The normalized spacial score (nSPS) is 22.5. The number of para-hydroxylation sites is 1. The lowest BCUT2D eigenvalue weighted by atomic mass is 9.83. The van der Waals surface area contributed by atoms with Gasteiger partial charge in [0.15, 0.2) is 0 Å². The van der Waals surface area contributed by atoms with E-state index in [0.717, 1.165) is 23.0 Å². The molecule has 20 heavy (non-hydrogen) atoms. The molecule has 112 valence electrons. The minimum absolute atomic E-state index is 0.558. The highest BCUT2D eigenvalue weighted by Gasteiger charge is 2.21. The molecule has 0 spiro atoms. The van der Waals surface area contributed by atoms with Crippen LogP contribution in [0, 0.1) is 5.92 Å². The highest BCUT2D eigenvalue weighted by molar-refractivity contribution is 5.73. The maximum atomic E-state index is 6.17. The zero-order valence-corrected chi connectivity index (χ0v) is 12.8. The first kappa shape index (κ1) is 15.0. The summed E-state index contributed by atoms with van der Waals surface area (Å²) in [4.78, 5) is 0. The van der Waals surface area contributed by atoms with Crippen LogP contribution in [-0.2, 0) is 0 Å². The maximum Gasteiger partial charge on any atom is 0.144 e. The van der Waals surface area contributed by atoms with Gasteiger partial charge in [0.1, 0.15) is 5.75 Å². The van der Waals surface area contributed by atoms with Crippen LogP contribution in [0.1, 0.15) is 52.4 Å². The van der Waals surface area contributed by atoms with Crippen molar-refractivity contribution >= 4 is 11.4 Å². The van der Waals surface area contributed by atoms with Gasteiger partial charge in [0.2, 0.25) is 0 Å². The summed E-state index contributed by atoms with van der Waals surface area (Å²) >= 11 is 0. The van der Waals surface area contributed by atoms with Crippen LogP contribution in [-0.4, -0.2) is 12.6 Å². The molecule has 0 amide bonds. The number of rotatable bonds is 6. The van der Waals surface area contributed by atoms with Crippen LogP contribution < -0.4 is 15.8 Å². The van der Waals surface area contributed by atoms with E-state index < -0.39 is 0 Å². The summed E-state index contributed by atoms with van der Waals surface area (Å²) in [5.74, 6) is 1.72. The molecule has 0 aliphatic heterocycles. The number of benzene rings is 1. The van der Waals surface area contributed by atoms with E-state index in [0.29, 0.717) is 12.6 Å². The van der Waals surface area contributed by atoms with E-state index >= 15 is 0 Å². The van der Waals surface area contributed by atoms with E-state index in [1.54, 1.807) is 0 Å². The number of nitrogens with one attached hydrogen (secondary N) is 1. The lowest BCUT2D eigenvalue weighted by Gasteiger charge is -2.30. The molecule has 1 aromatic rings. The summed E-state index contributed by atoms with van der Waals surface area (Å²) in [7, 11) is 0. The van der Waals surface area contributed by atoms with Crippen molar-refractivity contribution in [2.75, 3.05) is 17.7 Å². The molecule has 0 saturated heterocycles. The summed E-state index contributed by atoms with van der Waals surface area (Å²) in [6.07, 6.45) is 7.89. The van der Waals surface area contributed by atoms with Crippen molar-refractivity contribution in [3.63, 3.8) is 0 Å². The van der Waals surface area contributed by atoms with Crippen molar-refractivity contribution < 1.29 is 4.74 Å². The predicted octanol–water partition coefficient (Wildman–Crippen LogP) is 4.44. The molecule has 3 nitrogen and oxygen atoms in total. The van der Waals surface area contributed by atoms with E-state index in [1.807, 2.05) is 19.1 Å². The standard InChI is InChI=1S/C17H28N2O/c1-3-6-13-9-11-14(12-10-13)19-15-7-5-8-16(17(15)18)20-4-2/h5,7-8,13-14,19H,3-4,6,9-12,18H2,1-2H3. The molecule has 0 aromatic heterocycles. The third kappa shape index (κ3) is 3.81. The summed E-state index contributed by atoms with van der Waals surface area (Å²) in [5.41, 5.74) is 7.94. The van der Waals surface area contributed by atoms with Crippen LogP contribution in [0.4, 0.5) is 11.4 Å². The van der Waals surface area contributed by atoms with Crippen molar-refractivity contribution in [1.29, 1.82) is 0 Å². The monoisotopic (exact) mass is 276 g/mol. The van der Waals surface area contributed by atoms with E-state index in [4.69, 9.17) is 10.5 Å². The molecular formula is C17H28N2O. The Kier molecular flexibility index (Phi) is 5.57. The second-order valence-corrected chi connectivity index (χ2v) is 5.80. The van der Waals surface area contributed by atoms with Crippen LogP contribution in [0.5, 0.6) is 5.75 Å². The van der Waals surface area contributed by atoms with Crippen LogP contribution in [0.2, 0.25) is 0 Å². The minimum Gasteiger partial charge on any atom is -0.492 e. The number of nitrogens with two attached hydrogens (primary N) is 1. The molecule has 0 atom stereocenters. The second kappa shape index (κ2) is 7.41. The number of hydrogen-bond acceptors (Lipinski definition) is 3. The van der Waals surface area contributed by atoms with Gasteiger partial charge in [-0.2, -0.15) is 0 Å². The largest absolute Gasteiger partial charge is 0.492 e. The van der Waals surface area contributed by atoms with Crippen molar-refractivity contribution in [2.45, 2.75) is 58.4 Å². The lowest BCUT2D eigenvalue weighted by Crippen LogP contribution is -2.26. The molecule has 1 aliphatic rings. The summed E-state index contributed by atoms with van der Waals surface area (Å²) in [5, 5.41) is 3.61. The zero-order chi connectivity index (χ0) is 14.4. The van der Waals surface area contributed by atoms with Gasteiger partial charge in [-0.1, -0.05) is 25.8 Å². The number of nitrogen functional groups attached to an aromatic ring is 1. The Hall–Kier alpha value is -1.38. The Balaban J connectivity index is 1.92. The van der Waals surface area contributed by atoms with Crippen molar-refractivity contribution in [1.82, 2.24) is 0 Å². The third-order valence-corrected chi connectivity index (χ3v) is 4.27. The SMILES string of the molecule is CCCC1CCC(Nc2cccc(OCC)c2N)CC1. The number of anilines is 2. The van der Waals surface area contributed by atoms with Gasteiger partial charge in [-0.3, -0.25) is 0 Å². The molecule has 0 heterocycles. The molecule has 1 saturated carbocycles. The quantitative estimate of drug-likeness (QED) is 0.755. The van der Waals surface area contributed by atoms with Crippen molar-refractivity contribution in [3.05, 3.63) is 18.2 Å². The third-order valence-electron chi connectivity index (χ3n) is 4.27. The van der Waals surface area contributed by atoms with Crippen molar-refractivity contribution in [2.24, 2.45) is 5.92 Å². The van der Waals surface area contributed by atoms with Crippen molar-refractivity contribution in [3.8, 4) is 5.75 Å². The molecule has 2 rings (SSSR count). The topological polar surface area (TPSA) is 47.3 Å². The maximum absolute atomic E-state index is 6.17. The molecule has 1 aliphatic carbocycles. The molecule has 3 heteroatoms. The fourth-order valence-electron chi connectivity index (χ4n) is 3.17. The van der Waals surface area contributed by atoms with Gasteiger partial charge in [0.05, 0.1) is 18.0 Å². The second-order valence-electron chi connectivity index (χ2n) is 5.80. The smallest absolute Gasteiger partial charge is 0.144 e. The Bertz CT molecular complexity index is 411. The molecule has 1 aromatic carbocycles. The zero-order valence-electron chi connectivity index (χ0n) is 12.8. The van der Waals surface area contributed by atoms with E-state index in [2.05, 4.69) is 18.3 Å². The lowest BCUT2D eigenvalue weighted by molar-refractivity contribution is 0.318. The van der Waals surface area contributed by atoms with Gasteiger partial charge in [-0.15, -0.1) is 0 Å². The van der Waals surface area contributed by atoms with Gasteiger partial charge < -0.3 is 15.8 Å². The average molecular weight is 276 g/mol. The summed E-state index contributed by atoms with van der Waals surface area (Å²) in [6.45, 7) is 4.91. The van der Waals surface area contributed by atoms with Gasteiger partial charge in [-0.05, 0) is 50.7 Å². The average Bonchev–Trinajstić information content (AvgIpc) is 2.46. The molecule has 0 bridgehead atoms. The highest BCUT2D eigenvalue weighted by atomic mass is 16.5. The van der Waals surface area contributed by atoms with Gasteiger partial charge in [-0.25, -0.2) is 0 Å². The summed E-state index contributed by atoms with van der Waals surface area (Å²) in [6, 6.07) is 6.55. The van der Waals surface area contributed by atoms with Crippen LogP contribution in [0.3, 0.4) is 0 Å². The molecule has 1 fully saturated rings. The van der Waals surface area contributed by atoms with E-state index in [9.17, 15) is 0 Å². The number of hydrogen-bond donors (Lipinski definition) is 2. The van der Waals surface area contributed by atoms with Gasteiger partial charge in [0, 0.05) is 6.04 Å². The fraction of sp³-hybridized carbons (Fsp3) is 0.647. The highest BCUT2D eigenvalue weighted by Crippen LogP contribution is 2.33. The fourth-order valence-corrected chi connectivity index (χ4v) is 3.17. The summed E-state index contributed by atoms with van der Waals surface area (Å²) < 4.78 is 5.55. The van der Waals surface area contributed by atoms with Gasteiger partial charge in [0.25, 0.3) is 0 Å². The van der Waals surface area contributed by atoms with Crippen LogP contribution in [0.15, 0.2) is 18.2 Å². The number of ether oxygens (including phenoxy) is 1. The minimum atomic E-state index is 0.558. The van der Waals surface area contributed by atoms with Gasteiger partial charge >= 0.3 is 0 Å². The Morgan fingerprint density at radius 1 is 1.20 bits per heavy atom. The Labute approximate surface area is 122 Å². The molecular weight excluding hydrogens is 248 g/mol. The first-order valence-electron chi connectivity index (χ1n) is 8.02. The molecule has 0 radical (unpaired) electrons. The Morgan fingerprint density at radius 2 is 1.95 bits per heavy atom. The predicted molar refractivity (Wildman–Crippen MR) is 86.3 cm³/mol. The Morgan fingerprint density at radius 3 is 2.60 bits per heavy atom. The van der Waals surface area contributed by atoms with Crippen LogP contribution in [0.25, 0.3) is 0 Å². The first-order chi connectivity index (χ1) is 9.74. The van der Waals surface area contributed by atoms with E-state index in [-0.39, 0.29) is 0 Å². The van der Waals surface area contributed by atoms with E-state index in [1.165, 1.54) is 38.5 Å². The van der Waals surface area contributed by atoms with Crippen LogP contribution >= 0.6 is 0 Å². The molecule has 3 N–H and O–H groups in total.